The number of nitrogens with zero attached hydrogens (tertiary/aromatic N) is 2. The van der Waals surface area contributed by atoms with E-state index < -0.39 is 0 Å². The number of thiazole rings is 1. The van der Waals surface area contributed by atoms with Crippen molar-refractivity contribution < 1.29 is 4.79 Å². The Balaban J connectivity index is 1.98. The van der Waals surface area contributed by atoms with Gasteiger partial charge in [0.05, 0.1) is 16.8 Å². The third-order valence-electron chi connectivity index (χ3n) is 2.82. The van der Waals surface area contributed by atoms with Gasteiger partial charge in [0.15, 0.2) is 5.13 Å². The Morgan fingerprint density at radius 3 is 2.81 bits per heavy atom. The number of benzene rings is 1. The third kappa shape index (κ3) is 4.68. The summed E-state index contributed by atoms with van der Waals surface area (Å²) < 4.78 is 0.980. The van der Waals surface area contributed by atoms with Crippen molar-refractivity contribution in [3.8, 4) is 0 Å². The van der Waals surface area contributed by atoms with Gasteiger partial charge >= 0.3 is 0 Å². The van der Waals surface area contributed by atoms with Gasteiger partial charge < -0.3 is 11.1 Å². The van der Waals surface area contributed by atoms with Crippen LogP contribution in [0.25, 0.3) is 10.2 Å². The first-order valence-electron chi connectivity index (χ1n) is 6.87. The summed E-state index contributed by atoms with van der Waals surface area (Å²) in [6, 6.07) is 5.54. The summed E-state index contributed by atoms with van der Waals surface area (Å²) in [6.45, 7) is 7.67. The second-order valence-electron chi connectivity index (χ2n) is 6.53. The number of aromatic nitrogens is 1. The maximum absolute atomic E-state index is 12.0. The average molecular weight is 306 g/mol. The second-order valence-corrected chi connectivity index (χ2v) is 7.56. The van der Waals surface area contributed by atoms with Crippen LogP contribution in [0, 0.1) is 5.41 Å². The number of carbonyl (C=O) groups is 1. The molecule has 0 saturated carbocycles. The van der Waals surface area contributed by atoms with E-state index >= 15 is 0 Å². The Bertz CT molecular complexity index is 645. The van der Waals surface area contributed by atoms with Gasteiger partial charge in [-0.1, -0.05) is 32.1 Å². The van der Waals surface area contributed by atoms with Crippen LogP contribution in [0.4, 0.5) is 10.8 Å². The molecule has 0 aliphatic heterocycles. The van der Waals surface area contributed by atoms with Crippen LogP contribution < -0.4 is 11.1 Å². The monoisotopic (exact) mass is 306 g/mol. The first-order valence-corrected chi connectivity index (χ1v) is 7.69. The van der Waals surface area contributed by atoms with E-state index in [-0.39, 0.29) is 11.3 Å². The highest BCUT2D eigenvalue weighted by Gasteiger charge is 2.16. The number of amides is 1. The minimum atomic E-state index is -0.0474. The Morgan fingerprint density at radius 2 is 2.14 bits per heavy atom. The van der Waals surface area contributed by atoms with E-state index in [4.69, 9.17) is 5.73 Å². The fourth-order valence-electron chi connectivity index (χ4n) is 2.26. The van der Waals surface area contributed by atoms with Crippen molar-refractivity contribution >= 4 is 38.3 Å². The van der Waals surface area contributed by atoms with Crippen LogP contribution in [0.1, 0.15) is 20.8 Å². The molecule has 21 heavy (non-hydrogen) atoms. The molecule has 2 rings (SSSR count). The number of nitrogens with two attached hydrogens (primary N) is 1. The lowest BCUT2D eigenvalue weighted by atomic mass is 9.96. The molecular formula is C15H22N4OS. The van der Waals surface area contributed by atoms with E-state index in [9.17, 15) is 4.79 Å². The van der Waals surface area contributed by atoms with Gasteiger partial charge in [-0.3, -0.25) is 9.69 Å². The van der Waals surface area contributed by atoms with Gasteiger partial charge in [0.25, 0.3) is 0 Å². The molecule has 0 atom stereocenters. The molecule has 0 aliphatic rings. The van der Waals surface area contributed by atoms with E-state index in [1.807, 2.05) is 30.1 Å². The molecule has 0 unspecified atom stereocenters. The molecule has 0 saturated heterocycles. The fraction of sp³-hybridized carbons (Fsp3) is 0.467. The van der Waals surface area contributed by atoms with Crippen LogP contribution in [0.2, 0.25) is 0 Å². The van der Waals surface area contributed by atoms with Crippen molar-refractivity contribution in [1.82, 2.24) is 9.88 Å². The van der Waals surface area contributed by atoms with Crippen molar-refractivity contribution in [2.45, 2.75) is 20.8 Å². The molecule has 0 aliphatic carbocycles. The van der Waals surface area contributed by atoms with Crippen LogP contribution >= 0.6 is 11.3 Å². The van der Waals surface area contributed by atoms with Crippen LogP contribution in [-0.4, -0.2) is 35.9 Å². The van der Waals surface area contributed by atoms with Crippen molar-refractivity contribution in [3.63, 3.8) is 0 Å². The third-order valence-corrected chi connectivity index (χ3v) is 3.75. The van der Waals surface area contributed by atoms with Crippen LogP contribution in [0.15, 0.2) is 18.2 Å². The van der Waals surface area contributed by atoms with Gasteiger partial charge in [-0.2, -0.15) is 0 Å². The topological polar surface area (TPSA) is 71.2 Å². The van der Waals surface area contributed by atoms with Gasteiger partial charge in [0, 0.05) is 12.2 Å². The standard InChI is InChI=1S/C15H22N4OS/c1-15(2,3)9-19(4)8-13(20)18-14-17-11-6-5-10(16)7-12(11)21-14/h5-7H,8-9,16H2,1-4H3,(H,17,18,20). The number of hydrogen-bond donors (Lipinski definition) is 2. The quantitative estimate of drug-likeness (QED) is 0.852. The van der Waals surface area contributed by atoms with Crippen molar-refractivity contribution in [2.24, 2.45) is 5.41 Å². The molecule has 0 bridgehead atoms. The van der Waals surface area contributed by atoms with E-state index in [0.29, 0.717) is 17.4 Å². The highest BCUT2D eigenvalue weighted by molar-refractivity contribution is 7.22. The summed E-state index contributed by atoms with van der Waals surface area (Å²) in [4.78, 5) is 18.4. The van der Waals surface area contributed by atoms with Crippen LogP contribution in [0.3, 0.4) is 0 Å². The highest BCUT2D eigenvalue weighted by Crippen LogP contribution is 2.27. The van der Waals surface area contributed by atoms with Crippen molar-refractivity contribution in [2.75, 3.05) is 31.2 Å². The molecule has 6 heteroatoms. The summed E-state index contributed by atoms with van der Waals surface area (Å²) in [7, 11) is 1.95. The van der Waals surface area contributed by atoms with Gasteiger partial charge in [-0.05, 0) is 30.7 Å². The normalized spacial score (nSPS) is 12.0. The first-order chi connectivity index (χ1) is 9.73. The largest absolute Gasteiger partial charge is 0.399 e. The van der Waals surface area contributed by atoms with Crippen LogP contribution in [0.5, 0.6) is 0 Å². The Morgan fingerprint density at radius 1 is 1.43 bits per heavy atom. The maximum Gasteiger partial charge on any atom is 0.240 e. The number of likely N-dealkylation sites (N-methyl/N-ethyl adjacent to an activating group) is 1. The SMILES string of the molecule is CN(CC(=O)Nc1nc2ccc(N)cc2s1)CC(C)(C)C. The number of nitrogen functional groups attached to an aromatic ring is 1. The maximum atomic E-state index is 12.0. The van der Waals surface area contributed by atoms with E-state index in [2.05, 4.69) is 31.1 Å². The lowest BCUT2D eigenvalue weighted by Crippen LogP contribution is -2.35. The predicted octanol–water partition coefficient (Wildman–Crippen LogP) is 2.79. The number of nitrogens with one attached hydrogen (secondary N) is 1. The average Bonchev–Trinajstić information content (AvgIpc) is 2.66. The molecular weight excluding hydrogens is 284 g/mol. The fourth-order valence-corrected chi connectivity index (χ4v) is 3.19. The molecule has 1 heterocycles. The Labute approximate surface area is 129 Å². The Kier molecular flexibility index (Phi) is 4.49. The minimum absolute atomic E-state index is 0.0474. The summed E-state index contributed by atoms with van der Waals surface area (Å²) in [5.74, 6) is -0.0474. The van der Waals surface area contributed by atoms with Crippen molar-refractivity contribution in [3.05, 3.63) is 18.2 Å². The lowest BCUT2D eigenvalue weighted by Gasteiger charge is -2.25. The number of carbonyl (C=O) groups excluding carboxylic acids is 1. The van der Waals surface area contributed by atoms with Crippen molar-refractivity contribution in [1.29, 1.82) is 0 Å². The predicted molar refractivity (Wildman–Crippen MR) is 89.6 cm³/mol. The molecule has 1 aromatic carbocycles. The zero-order valence-electron chi connectivity index (χ0n) is 12.9. The highest BCUT2D eigenvalue weighted by atomic mass is 32.1. The first kappa shape index (κ1) is 15.7. The zero-order chi connectivity index (χ0) is 15.6. The zero-order valence-corrected chi connectivity index (χ0v) is 13.8. The van der Waals surface area contributed by atoms with Gasteiger partial charge in [-0.15, -0.1) is 0 Å². The molecule has 114 valence electrons. The molecule has 0 spiro atoms. The molecule has 5 nitrogen and oxygen atoms in total. The number of rotatable bonds is 4. The lowest BCUT2D eigenvalue weighted by molar-refractivity contribution is -0.117. The minimum Gasteiger partial charge on any atom is -0.399 e. The molecule has 0 radical (unpaired) electrons. The molecule has 1 amide bonds. The number of hydrogen-bond acceptors (Lipinski definition) is 5. The van der Waals surface area contributed by atoms with Crippen LogP contribution in [-0.2, 0) is 4.79 Å². The van der Waals surface area contributed by atoms with Gasteiger partial charge in [0.1, 0.15) is 0 Å². The van der Waals surface area contributed by atoms with Gasteiger partial charge in [-0.25, -0.2) is 4.98 Å². The molecule has 0 fully saturated rings. The summed E-state index contributed by atoms with van der Waals surface area (Å²) in [6.07, 6.45) is 0. The number of anilines is 2. The van der Waals surface area contributed by atoms with Gasteiger partial charge in [0.2, 0.25) is 5.91 Å². The van der Waals surface area contributed by atoms with E-state index in [1.54, 1.807) is 0 Å². The van der Waals surface area contributed by atoms with E-state index in [0.717, 1.165) is 16.8 Å². The molecule has 2 aromatic rings. The molecule has 1 aromatic heterocycles. The second kappa shape index (κ2) is 5.99. The summed E-state index contributed by atoms with van der Waals surface area (Å²) in [5, 5.41) is 3.47. The Hall–Kier alpha value is -1.66. The van der Waals surface area contributed by atoms with E-state index in [1.165, 1.54) is 11.3 Å². The smallest absolute Gasteiger partial charge is 0.240 e. The summed E-state index contributed by atoms with van der Waals surface area (Å²) >= 11 is 1.44. The summed E-state index contributed by atoms with van der Waals surface area (Å²) in [5.41, 5.74) is 7.47. The number of fused-ring (bicyclic) bond motifs is 1. The molecule has 3 N–H and O–H groups in total.